The van der Waals surface area contributed by atoms with Gasteiger partial charge in [-0.3, -0.25) is 9.59 Å². The van der Waals surface area contributed by atoms with Crippen molar-refractivity contribution in [3.05, 3.63) is 102 Å². The van der Waals surface area contributed by atoms with Gasteiger partial charge in [-0.15, -0.1) is 0 Å². The Labute approximate surface area is 189 Å². The molecular weight excluding hydrogens is 398 g/mol. The Morgan fingerprint density at radius 3 is 1.81 bits per heavy atom. The SMILES string of the molecule is O=C(C[NH+]1CCC(C(=O)Nc2ccccc2)CC1)NC(c1ccccc1)c1ccccc1. The van der Waals surface area contributed by atoms with Gasteiger partial charge < -0.3 is 15.5 Å². The molecule has 5 nitrogen and oxygen atoms in total. The molecule has 32 heavy (non-hydrogen) atoms. The fourth-order valence-corrected chi connectivity index (χ4v) is 4.32. The Morgan fingerprint density at radius 2 is 1.28 bits per heavy atom. The van der Waals surface area contributed by atoms with E-state index in [1.165, 1.54) is 4.90 Å². The third-order valence-electron chi connectivity index (χ3n) is 6.09. The predicted octanol–water partition coefficient (Wildman–Crippen LogP) is 2.83. The minimum atomic E-state index is -0.168. The summed E-state index contributed by atoms with van der Waals surface area (Å²) in [6.45, 7) is 2.06. The van der Waals surface area contributed by atoms with Gasteiger partial charge in [-0.05, 0) is 23.3 Å². The van der Waals surface area contributed by atoms with Crippen molar-refractivity contribution in [3.8, 4) is 0 Å². The fourth-order valence-electron chi connectivity index (χ4n) is 4.32. The van der Waals surface area contributed by atoms with E-state index in [0.717, 1.165) is 42.7 Å². The number of piperidine rings is 1. The number of hydrogen-bond acceptors (Lipinski definition) is 2. The number of likely N-dealkylation sites (tertiary alicyclic amines) is 1. The predicted molar refractivity (Wildman–Crippen MR) is 126 cm³/mol. The number of anilines is 1. The maximum atomic E-state index is 12.9. The number of carbonyl (C=O) groups is 2. The summed E-state index contributed by atoms with van der Waals surface area (Å²) >= 11 is 0. The second kappa shape index (κ2) is 10.7. The number of hydrogen-bond donors (Lipinski definition) is 3. The molecule has 0 unspecified atom stereocenters. The van der Waals surface area contributed by atoms with E-state index in [-0.39, 0.29) is 23.8 Å². The highest BCUT2D eigenvalue weighted by molar-refractivity contribution is 5.92. The molecule has 164 valence electrons. The lowest BCUT2D eigenvalue weighted by Gasteiger charge is -2.29. The third-order valence-corrected chi connectivity index (χ3v) is 6.09. The number of para-hydroxylation sites is 1. The van der Waals surface area contributed by atoms with Crippen LogP contribution in [-0.2, 0) is 9.59 Å². The van der Waals surface area contributed by atoms with E-state index < -0.39 is 0 Å². The molecule has 2 amide bonds. The lowest BCUT2D eigenvalue weighted by atomic mass is 9.95. The lowest BCUT2D eigenvalue weighted by molar-refractivity contribution is -0.897. The standard InChI is InChI=1S/C27H29N3O2/c31-25(29-26(21-10-4-1-5-11-21)22-12-6-2-7-13-22)20-30-18-16-23(17-19-30)27(32)28-24-14-8-3-9-15-24/h1-15,23,26H,16-20H2,(H,28,32)(H,29,31)/p+1. The van der Waals surface area contributed by atoms with E-state index in [9.17, 15) is 9.59 Å². The largest absolute Gasteiger partial charge is 0.340 e. The molecule has 1 heterocycles. The number of nitrogens with one attached hydrogen (secondary N) is 3. The van der Waals surface area contributed by atoms with Crippen LogP contribution in [0.25, 0.3) is 0 Å². The molecule has 5 heteroatoms. The van der Waals surface area contributed by atoms with Crippen LogP contribution in [0.2, 0.25) is 0 Å². The monoisotopic (exact) mass is 428 g/mol. The van der Waals surface area contributed by atoms with Crippen LogP contribution in [0, 0.1) is 5.92 Å². The van der Waals surface area contributed by atoms with Crippen molar-refractivity contribution < 1.29 is 14.5 Å². The van der Waals surface area contributed by atoms with Crippen LogP contribution in [0.1, 0.15) is 30.0 Å². The van der Waals surface area contributed by atoms with Gasteiger partial charge in [0.05, 0.1) is 19.1 Å². The van der Waals surface area contributed by atoms with Crippen molar-refractivity contribution in [2.45, 2.75) is 18.9 Å². The van der Waals surface area contributed by atoms with E-state index in [0.29, 0.717) is 6.54 Å². The normalized spacial score (nSPS) is 18.2. The molecule has 0 bridgehead atoms. The lowest BCUT2D eigenvalue weighted by Crippen LogP contribution is -3.14. The van der Waals surface area contributed by atoms with Gasteiger partial charge in [-0.1, -0.05) is 78.9 Å². The molecule has 1 fully saturated rings. The molecule has 3 N–H and O–H groups in total. The molecule has 0 spiro atoms. The minimum Gasteiger partial charge on any atom is -0.340 e. The quantitative estimate of drug-likeness (QED) is 0.542. The van der Waals surface area contributed by atoms with E-state index in [1.807, 2.05) is 91.0 Å². The van der Waals surface area contributed by atoms with Gasteiger partial charge >= 0.3 is 0 Å². The maximum Gasteiger partial charge on any atom is 0.275 e. The molecule has 0 aromatic heterocycles. The summed E-state index contributed by atoms with van der Waals surface area (Å²) in [4.78, 5) is 26.7. The van der Waals surface area contributed by atoms with Crippen LogP contribution in [0.4, 0.5) is 5.69 Å². The Balaban J connectivity index is 1.31. The first-order valence-electron chi connectivity index (χ1n) is 11.3. The van der Waals surface area contributed by atoms with E-state index in [2.05, 4.69) is 10.6 Å². The van der Waals surface area contributed by atoms with Crippen molar-refractivity contribution >= 4 is 17.5 Å². The first-order chi connectivity index (χ1) is 15.7. The van der Waals surface area contributed by atoms with Crippen LogP contribution in [-0.4, -0.2) is 31.4 Å². The topological polar surface area (TPSA) is 62.6 Å². The first kappa shape index (κ1) is 21.8. The van der Waals surface area contributed by atoms with Crippen LogP contribution in [0.3, 0.4) is 0 Å². The zero-order chi connectivity index (χ0) is 22.2. The van der Waals surface area contributed by atoms with Crippen molar-refractivity contribution in [3.63, 3.8) is 0 Å². The second-order valence-corrected chi connectivity index (χ2v) is 8.38. The summed E-state index contributed by atoms with van der Waals surface area (Å²) in [5, 5.41) is 6.23. The summed E-state index contributed by atoms with van der Waals surface area (Å²) in [5.74, 6) is 0.112. The summed E-state index contributed by atoms with van der Waals surface area (Å²) in [5.41, 5.74) is 2.97. The molecule has 1 aliphatic rings. The Hall–Kier alpha value is -3.44. The molecule has 3 aromatic rings. The van der Waals surface area contributed by atoms with E-state index in [1.54, 1.807) is 0 Å². The van der Waals surface area contributed by atoms with E-state index in [4.69, 9.17) is 0 Å². The number of benzene rings is 3. The average molecular weight is 429 g/mol. The average Bonchev–Trinajstić information content (AvgIpc) is 2.85. The Kier molecular flexibility index (Phi) is 7.31. The molecule has 0 atom stereocenters. The van der Waals surface area contributed by atoms with Gasteiger partial charge in [0.25, 0.3) is 5.91 Å². The van der Waals surface area contributed by atoms with Crippen LogP contribution in [0.15, 0.2) is 91.0 Å². The van der Waals surface area contributed by atoms with Gasteiger partial charge in [0.15, 0.2) is 6.54 Å². The van der Waals surface area contributed by atoms with Gasteiger partial charge in [0, 0.05) is 24.4 Å². The number of carbonyl (C=O) groups excluding carboxylic acids is 2. The minimum absolute atomic E-state index is 0.00315. The molecule has 3 aromatic carbocycles. The molecule has 1 aliphatic heterocycles. The fraction of sp³-hybridized carbons (Fsp3) is 0.259. The zero-order valence-corrected chi connectivity index (χ0v) is 18.2. The highest BCUT2D eigenvalue weighted by atomic mass is 16.2. The summed E-state index contributed by atoms with van der Waals surface area (Å²) < 4.78 is 0. The third kappa shape index (κ3) is 5.83. The molecule has 0 aliphatic carbocycles. The van der Waals surface area contributed by atoms with Crippen molar-refractivity contribution in [1.82, 2.24) is 5.32 Å². The van der Waals surface area contributed by atoms with Crippen molar-refractivity contribution in [2.24, 2.45) is 5.92 Å². The smallest absolute Gasteiger partial charge is 0.275 e. The number of amides is 2. The molecule has 1 saturated heterocycles. The van der Waals surface area contributed by atoms with Gasteiger partial charge in [-0.2, -0.15) is 0 Å². The molecule has 0 radical (unpaired) electrons. The van der Waals surface area contributed by atoms with E-state index >= 15 is 0 Å². The van der Waals surface area contributed by atoms with Crippen molar-refractivity contribution in [1.29, 1.82) is 0 Å². The zero-order valence-electron chi connectivity index (χ0n) is 18.2. The summed E-state index contributed by atoms with van der Waals surface area (Å²) in [6.07, 6.45) is 1.59. The highest BCUT2D eigenvalue weighted by Crippen LogP contribution is 2.21. The van der Waals surface area contributed by atoms with Crippen LogP contribution in [0.5, 0.6) is 0 Å². The van der Waals surface area contributed by atoms with Crippen LogP contribution < -0.4 is 15.5 Å². The van der Waals surface area contributed by atoms with Crippen LogP contribution >= 0.6 is 0 Å². The highest BCUT2D eigenvalue weighted by Gasteiger charge is 2.29. The number of rotatable bonds is 7. The Bertz CT molecular complexity index is 961. The summed E-state index contributed by atoms with van der Waals surface area (Å²) in [6, 6.07) is 29.5. The van der Waals surface area contributed by atoms with Gasteiger partial charge in [0.1, 0.15) is 0 Å². The van der Waals surface area contributed by atoms with Gasteiger partial charge in [-0.25, -0.2) is 0 Å². The molecule has 4 rings (SSSR count). The van der Waals surface area contributed by atoms with Crippen molar-refractivity contribution in [2.75, 3.05) is 25.0 Å². The first-order valence-corrected chi connectivity index (χ1v) is 11.3. The maximum absolute atomic E-state index is 12.9. The molecule has 0 saturated carbocycles. The summed E-state index contributed by atoms with van der Waals surface area (Å²) in [7, 11) is 0. The van der Waals surface area contributed by atoms with Gasteiger partial charge in [0.2, 0.25) is 5.91 Å². The second-order valence-electron chi connectivity index (χ2n) is 8.38. The molecular formula is C27H30N3O2+. The number of quaternary nitrogens is 1. The Morgan fingerprint density at radius 1 is 0.781 bits per heavy atom.